The van der Waals surface area contributed by atoms with Crippen LogP contribution in [0.25, 0.3) is 0 Å². The van der Waals surface area contributed by atoms with E-state index in [9.17, 15) is 14.0 Å². The van der Waals surface area contributed by atoms with Gasteiger partial charge in [-0.1, -0.05) is 0 Å². The van der Waals surface area contributed by atoms with Gasteiger partial charge in [0.05, 0.1) is 18.4 Å². The van der Waals surface area contributed by atoms with Gasteiger partial charge in [0.1, 0.15) is 17.1 Å². The summed E-state index contributed by atoms with van der Waals surface area (Å²) in [5.74, 6) is -1.71. The van der Waals surface area contributed by atoms with E-state index >= 15 is 0 Å². The van der Waals surface area contributed by atoms with Gasteiger partial charge in [-0.25, -0.2) is 9.37 Å². The van der Waals surface area contributed by atoms with Crippen LogP contribution in [0.4, 0.5) is 15.8 Å². The van der Waals surface area contributed by atoms with Crippen molar-refractivity contribution in [3.05, 3.63) is 70.5 Å². The van der Waals surface area contributed by atoms with Crippen LogP contribution in [0.5, 0.6) is 0 Å². The molecule has 3 N–H and O–H groups in total. The lowest BCUT2D eigenvalue weighted by molar-refractivity contribution is -0.113. The Balaban J connectivity index is 0.00000306. The van der Waals surface area contributed by atoms with Crippen LogP contribution in [0.15, 0.2) is 58.4 Å². The average Bonchev–Trinajstić information content (AvgIpc) is 3.18. The van der Waals surface area contributed by atoms with Gasteiger partial charge in [-0.2, -0.15) is 5.10 Å². The molecular weight excluding hydrogens is 517 g/mol. The molecule has 1 aliphatic rings. The van der Waals surface area contributed by atoms with E-state index < -0.39 is 23.2 Å². The van der Waals surface area contributed by atoms with Crippen LogP contribution >= 0.6 is 28.3 Å². The van der Waals surface area contributed by atoms with E-state index in [1.165, 1.54) is 35.5 Å². The highest BCUT2D eigenvalue weighted by atomic mass is 79.9. The number of carbonyl (C=O) groups excluding carboxylic acids is 2. The number of aryl methyl sites for hydroxylation is 1. The standard InChI is InChI=1S/C21H19BrFN7O2.ClH/c1-21(11-30(20(32)18(24)28-21)14-9-26-29(2)10-14)15-7-13(4-5-16(15)23)27-19(31)17-6-3-12(22)8-25-17;/h3-10H,11H2,1-2H3,(H2,24,28)(H,27,31);1H. The summed E-state index contributed by atoms with van der Waals surface area (Å²) in [4.78, 5) is 34.9. The number of amidine groups is 1. The molecule has 0 radical (unpaired) electrons. The molecule has 1 aromatic carbocycles. The normalized spacial score (nSPS) is 17.9. The molecule has 0 saturated heterocycles. The number of anilines is 2. The highest BCUT2D eigenvalue weighted by molar-refractivity contribution is 9.10. The predicted molar refractivity (Wildman–Crippen MR) is 128 cm³/mol. The second-order valence-electron chi connectivity index (χ2n) is 7.54. The van der Waals surface area contributed by atoms with Crippen molar-refractivity contribution in [2.75, 3.05) is 16.8 Å². The summed E-state index contributed by atoms with van der Waals surface area (Å²) in [5.41, 5.74) is 5.99. The number of amides is 2. The van der Waals surface area contributed by atoms with Crippen LogP contribution < -0.4 is 16.0 Å². The van der Waals surface area contributed by atoms with Crippen molar-refractivity contribution in [2.24, 2.45) is 17.8 Å². The first kappa shape index (κ1) is 24.3. The Bertz CT molecular complexity index is 1250. The summed E-state index contributed by atoms with van der Waals surface area (Å²) in [6.45, 7) is 1.72. The fourth-order valence-corrected chi connectivity index (χ4v) is 3.72. The minimum Gasteiger partial charge on any atom is -0.379 e. The molecule has 0 fully saturated rings. The molecule has 1 atom stereocenters. The monoisotopic (exact) mass is 535 g/mol. The zero-order chi connectivity index (χ0) is 23.0. The SMILES string of the molecule is Cl.Cn1cc(N2CC(C)(c3cc(NC(=O)c4ccc(Br)cn4)ccc3F)N=C(N)C2=O)cn1. The molecular formula is C21H20BrClFN7O2. The van der Waals surface area contributed by atoms with Gasteiger partial charge >= 0.3 is 0 Å². The van der Waals surface area contributed by atoms with Gasteiger partial charge in [-0.15, -0.1) is 12.4 Å². The quantitative estimate of drug-likeness (QED) is 0.531. The molecule has 12 heteroatoms. The molecule has 0 saturated carbocycles. The first-order valence-corrected chi connectivity index (χ1v) is 10.3. The number of carbonyl (C=O) groups is 2. The van der Waals surface area contributed by atoms with Gasteiger partial charge in [-0.05, 0) is 53.2 Å². The Morgan fingerprint density at radius 1 is 1.27 bits per heavy atom. The number of aromatic nitrogens is 3. The van der Waals surface area contributed by atoms with Crippen LogP contribution in [-0.2, 0) is 17.4 Å². The molecule has 4 rings (SSSR count). The molecule has 33 heavy (non-hydrogen) atoms. The van der Waals surface area contributed by atoms with Gasteiger partial charge in [-0.3, -0.25) is 24.2 Å². The molecule has 9 nitrogen and oxygen atoms in total. The van der Waals surface area contributed by atoms with Crippen LogP contribution in [0.2, 0.25) is 0 Å². The zero-order valence-corrected chi connectivity index (χ0v) is 20.0. The van der Waals surface area contributed by atoms with Gasteiger partial charge in [0.2, 0.25) is 0 Å². The third-order valence-corrected chi connectivity index (χ3v) is 5.53. The topological polar surface area (TPSA) is 118 Å². The number of nitrogens with zero attached hydrogens (tertiary/aromatic N) is 5. The number of hydrogen-bond donors (Lipinski definition) is 2. The van der Waals surface area contributed by atoms with E-state index in [-0.39, 0.29) is 36.0 Å². The minimum absolute atomic E-state index is 0. The molecule has 2 aromatic heterocycles. The molecule has 1 aliphatic heterocycles. The lowest BCUT2D eigenvalue weighted by Crippen LogP contribution is -2.52. The fourth-order valence-electron chi connectivity index (χ4n) is 3.49. The first-order valence-electron chi connectivity index (χ1n) is 9.55. The molecule has 2 amide bonds. The Labute approximate surface area is 203 Å². The van der Waals surface area contributed by atoms with Crippen LogP contribution in [-0.4, -0.2) is 39.0 Å². The van der Waals surface area contributed by atoms with E-state index in [1.54, 1.807) is 37.0 Å². The number of hydrogen-bond acceptors (Lipinski definition) is 6. The molecule has 172 valence electrons. The number of aliphatic imine (C=N–C) groups is 1. The van der Waals surface area contributed by atoms with E-state index in [0.29, 0.717) is 11.4 Å². The number of benzene rings is 1. The number of nitrogens with two attached hydrogens (primary N) is 1. The smallest absolute Gasteiger partial charge is 0.293 e. The van der Waals surface area contributed by atoms with Crippen LogP contribution in [0.3, 0.4) is 0 Å². The van der Waals surface area contributed by atoms with Gasteiger partial charge in [0.25, 0.3) is 11.8 Å². The third-order valence-electron chi connectivity index (χ3n) is 5.06. The predicted octanol–water partition coefficient (Wildman–Crippen LogP) is 3.01. The number of nitrogens with one attached hydrogen (secondary N) is 1. The number of halogens is 3. The van der Waals surface area contributed by atoms with Crippen LogP contribution in [0, 0.1) is 5.82 Å². The van der Waals surface area contributed by atoms with Crippen molar-refractivity contribution in [1.29, 1.82) is 0 Å². The van der Waals surface area contributed by atoms with Crippen LogP contribution in [0.1, 0.15) is 23.0 Å². The second kappa shape index (κ2) is 9.28. The average molecular weight is 537 g/mol. The lowest BCUT2D eigenvalue weighted by atomic mass is 9.89. The van der Waals surface area contributed by atoms with Crippen molar-refractivity contribution in [1.82, 2.24) is 14.8 Å². The van der Waals surface area contributed by atoms with Crippen molar-refractivity contribution in [3.8, 4) is 0 Å². The Morgan fingerprint density at radius 3 is 2.67 bits per heavy atom. The maximum atomic E-state index is 14.9. The van der Waals surface area contributed by atoms with E-state index in [1.807, 2.05) is 0 Å². The molecule has 3 heterocycles. The van der Waals surface area contributed by atoms with Gasteiger partial charge in [0, 0.05) is 35.2 Å². The Morgan fingerprint density at radius 2 is 2.03 bits per heavy atom. The Hall–Kier alpha value is -3.31. The highest BCUT2D eigenvalue weighted by Gasteiger charge is 2.40. The summed E-state index contributed by atoms with van der Waals surface area (Å²) in [5, 5.41) is 6.79. The van der Waals surface area contributed by atoms with Gasteiger partial charge in [0.15, 0.2) is 5.84 Å². The number of pyridine rings is 1. The van der Waals surface area contributed by atoms with Gasteiger partial charge < -0.3 is 11.1 Å². The Kier molecular flexibility index (Phi) is 6.84. The molecule has 0 bridgehead atoms. The summed E-state index contributed by atoms with van der Waals surface area (Å²) in [6.07, 6.45) is 4.69. The summed E-state index contributed by atoms with van der Waals surface area (Å²) in [6, 6.07) is 7.43. The summed E-state index contributed by atoms with van der Waals surface area (Å²) >= 11 is 3.27. The highest BCUT2D eigenvalue weighted by Crippen LogP contribution is 2.35. The summed E-state index contributed by atoms with van der Waals surface area (Å²) in [7, 11) is 1.72. The van der Waals surface area contributed by atoms with Crippen molar-refractivity contribution in [2.45, 2.75) is 12.5 Å². The number of rotatable bonds is 4. The molecule has 3 aromatic rings. The summed E-state index contributed by atoms with van der Waals surface area (Å²) < 4.78 is 17.2. The largest absolute Gasteiger partial charge is 0.379 e. The van der Waals surface area contributed by atoms with Crippen molar-refractivity contribution < 1.29 is 14.0 Å². The maximum absolute atomic E-state index is 14.9. The second-order valence-corrected chi connectivity index (χ2v) is 8.46. The first-order chi connectivity index (χ1) is 15.2. The molecule has 0 aliphatic carbocycles. The third kappa shape index (κ3) is 4.88. The minimum atomic E-state index is -1.19. The fraction of sp³-hybridized carbons (Fsp3) is 0.190. The maximum Gasteiger partial charge on any atom is 0.293 e. The lowest BCUT2D eigenvalue weighted by Gasteiger charge is -2.36. The van der Waals surface area contributed by atoms with E-state index in [4.69, 9.17) is 5.73 Å². The van der Waals surface area contributed by atoms with E-state index in [0.717, 1.165) is 4.47 Å². The van der Waals surface area contributed by atoms with Crippen molar-refractivity contribution in [3.63, 3.8) is 0 Å². The molecule has 1 unspecified atom stereocenters. The van der Waals surface area contributed by atoms with Crippen molar-refractivity contribution >= 4 is 57.4 Å². The molecule has 0 spiro atoms. The zero-order valence-electron chi connectivity index (χ0n) is 17.6. The van der Waals surface area contributed by atoms with E-state index in [2.05, 4.69) is 36.3 Å².